The van der Waals surface area contributed by atoms with Crippen molar-refractivity contribution in [1.82, 2.24) is 20.1 Å². The van der Waals surface area contributed by atoms with Crippen LogP contribution in [-0.4, -0.2) is 27.9 Å². The lowest BCUT2D eigenvalue weighted by molar-refractivity contribution is 0.516. The third-order valence-corrected chi connectivity index (χ3v) is 2.82. The summed E-state index contributed by atoms with van der Waals surface area (Å²) < 4.78 is 2.08. The summed E-state index contributed by atoms with van der Waals surface area (Å²) in [4.78, 5) is 4.51. The first-order chi connectivity index (χ1) is 8.31. The number of nitrogens with one attached hydrogen (secondary N) is 1. The van der Waals surface area contributed by atoms with E-state index in [1.165, 1.54) is 19.3 Å². The number of unbranched alkanes of at least 4 members (excludes halogenated alkanes) is 1. The van der Waals surface area contributed by atoms with Crippen LogP contribution in [0.15, 0.2) is 0 Å². The lowest BCUT2D eigenvalue weighted by Gasteiger charge is -2.05. The molecule has 0 aliphatic carbocycles. The Kier molecular flexibility index (Phi) is 6.86. The van der Waals surface area contributed by atoms with Crippen LogP contribution in [0.3, 0.4) is 0 Å². The monoisotopic (exact) mass is 238 g/mol. The van der Waals surface area contributed by atoms with E-state index in [9.17, 15) is 0 Å². The average Bonchev–Trinajstić information content (AvgIpc) is 2.76. The molecule has 1 N–H and O–H groups in total. The molecule has 4 nitrogen and oxygen atoms in total. The second-order valence-electron chi connectivity index (χ2n) is 4.33. The maximum absolute atomic E-state index is 4.52. The quantitative estimate of drug-likeness (QED) is 0.671. The van der Waals surface area contributed by atoms with Gasteiger partial charge in [-0.3, -0.25) is 0 Å². The zero-order chi connectivity index (χ0) is 12.5. The van der Waals surface area contributed by atoms with Gasteiger partial charge in [0.25, 0.3) is 0 Å². The van der Waals surface area contributed by atoms with E-state index in [0.717, 1.165) is 44.1 Å². The van der Waals surface area contributed by atoms with E-state index < -0.39 is 0 Å². The highest BCUT2D eigenvalue weighted by Gasteiger charge is 2.05. The minimum atomic E-state index is 0.929. The van der Waals surface area contributed by atoms with Crippen molar-refractivity contribution in [3.05, 3.63) is 11.6 Å². The van der Waals surface area contributed by atoms with Crippen molar-refractivity contribution in [2.45, 2.75) is 59.4 Å². The molecule has 4 heteroatoms. The molecule has 0 saturated heterocycles. The molecule has 1 aromatic heterocycles. The van der Waals surface area contributed by atoms with E-state index in [-0.39, 0.29) is 0 Å². The van der Waals surface area contributed by atoms with Crippen molar-refractivity contribution in [3.8, 4) is 0 Å². The van der Waals surface area contributed by atoms with Crippen molar-refractivity contribution in [2.75, 3.05) is 13.1 Å². The molecule has 0 aliphatic rings. The fraction of sp³-hybridized carbons (Fsp3) is 0.846. The maximum Gasteiger partial charge on any atom is 0.150 e. The molecule has 17 heavy (non-hydrogen) atoms. The van der Waals surface area contributed by atoms with Crippen LogP contribution in [0.1, 0.15) is 51.7 Å². The first-order valence-corrected chi connectivity index (χ1v) is 6.95. The Labute approximate surface area is 105 Å². The van der Waals surface area contributed by atoms with Crippen LogP contribution in [0.5, 0.6) is 0 Å². The molecule has 98 valence electrons. The van der Waals surface area contributed by atoms with Crippen molar-refractivity contribution >= 4 is 0 Å². The van der Waals surface area contributed by atoms with Crippen LogP contribution in [0, 0.1) is 0 Å². The van der Waals surface area contributed by atoms with Gasteiger partial charge in [0.1, 0.15) is 5.82 Å². The van der Waals surface area contributed by atoms with Crippen molar-refractivity contribution in [3.63, 3.8) is 0 Å². The van der Waals surface area contributed by atoms with Crippen molar-refractivity contribution in [2.24, 2.45) is 0 Å². The molecule has 0 atom stereocenters. The zero-order valence-corrected chi connectivity index (χ0v) is 11.5. The standard InChI is InChI=1S/C13H26N4/c1-4-9-14-10-7-8-11-17-13(6-3)15-12(5-2)16-17/h14H,4-11H2,1-3H3. The highest BCUT2D eigenvalue weighted by atomic mass is 15.3. The summed E-state index contributed by atoms with van der Waals surface area (Å²) in [6, 6.07) is 0. The fourth-order valence-corrected chi connectivity index (χ4v) is 1.83. The first kappa shape index (κ1) is 14.2. The van der Waals surface area contributed by atoms with E-state index in [0.29, 0.717) is 0 Å². The van der Waals surface area contributed by atoms with E-state index in [2.05, 4.69) is 40.9 Å². The van der Waals surface area contributed by atoms with Crippen molar-refractivity contribution < 1.29 is 0 Å². The number of hydrogen-bond donors (Lipinski definition) is 1. The molecule has 0 fully saturated rings. The molecule has 0 unspecified atom stereocenters. The highest BCUT2D eigenvalue weighted by Crippen LogP contribution is 2.03. The Bertz CT molecular complexity index is 306. The molecule has 1 heterocycles. The summed E-state index contributed by atoms with van der Waals surface area (Å²) in [6.07, 6.45) is 5.50. The van der Waals surface area contributed by atoms with Crippen LogP contribution in [0.4, 0.5) is 0 Å². The van der Waals surface area contributed by atoms with Crippen LogP contribution < -0.4 is 5.32 Å². The third-order valence-electron chi connectivity index (χ3n) is 2.82. The van der Waals surface area contributed by atoms with Gasteiger partial charge in [0.2, 0.25) is 0 Å². The Morgan fingerprint density at radius 1 is 1.06 bits per heavy atom. The fourth-order valence-electron chi connectivity index (χ4n) is 1.83. The first-order valence-electron chi connectivity index (χ1n) is 6.95. The van der Waals surface area contributed by atoms with Gasteiger partial charge in [-0.15, -0.1) is 0 Å². The highest BCUT2D eigenvalue weighted by molar-refractivity contribution is 4.92. The minimum absolute atomic E-state index is 0.929. The van der Waals surface area contributed by atoms with Crippen LogP contribution in [0.2, 0.25) is 0 Å². The van der Waals surface area contributed by atoms with Crippen molar-refractivity contribution in [1.29, 1.82) is 0 Å². The predicted molar refractivity (Wildman–Crippen MR) is 71.2 cm³/mol. The predicted octanol–water partition coefficient (Wildman–Crippen LogP) is 2.18. The van der Waals surface area contributed by atoms with Gasteiger partial charge in [0.05, 0.1) is 0 Å². The number of aromatic nitrogens is 3. The summed E-state index contributed by atoms with van der Waals surface area (Å²) in [6.45, 7) is 9.69. The summed E-state index contributed by atoms with van der Waals surface area (Å²) >= 11 is 0. The molecule has 0 bridgehead atoms. The molecule has 1 aromatic rings. The summed E-state index contributed by atoms with van der Waals surface area (Å²) in [5.74, 6) is 2.11. The van der Waals surface area contributed by atoms with Gasteiger partial charge >= 0.3 is 0 Å². The maximum atomic E-state index is 4.52. The number of nitrogens with zero attached hydrogens (tertiary/aromatic N) is 3. The molecular formula is C13H26N4. The Hall–Kier alpha value is -0.900. The molecule has 0 amide bonds. The van der Waals surface area contributed by atoms with E-state index in [1.54, 1.807) is 0 Å². The normalized spacial score (nSPS) is 11.0. The van der Waals surface area contributed by atoms with E-state index >= 15 is 0 Å². The van der Waals surface area contributed by atoms with Gasteiger partial charge in [0.15, 0.2) is 5.82 Å². The van der Waals surface area contributed by atoms with Crippen LogP contribution in [0.25, 0.3) is 0 Å². The lowest BCUT2D eigenvalue weighted by atomic mass is 10.3. The molecule has 0 spiro atoms. The molecule has 0 aliphatic heterocycles. The largest absolute Gasteiger partial charge is 0.317 e. The summed E-state index contributed by atoms with van der Waals surface area (Å²) in [5, 5.41) is 7.94. The average molecular weight is 238 g/mol. The van der Waals surface area contributed by atoms with E-state index in [1.807, 2.05) is 0 Å². The summed E-state index contributed by atoms with van der Waals surface area (Å²) in [5.41, 5.74) is 0. The number of aryl methyl sites for hydroxylation is 3. The van der Waals surface area contributed by atoms with Gasteiger partial charge in [-0.1, -0.05) is 20.8 Å². The van der Waals surface area contributed by atoms with Gasteiger partial charge in [-0.05, 0) is 32.4 Å². The lowest BCUT2D eigenvalue weighted by Crippen LogP contribution is -2.16. The molecule has 0 radical (unpaired) electrons. The smallest absolute Gasteiger partial charge is 0.150 e. The Morgan fingerprint density at radius 3 is 2.53 bits per heavy atom. The summed E-state index contributed by atoms with van der Waals surface area (Å²) in [7, 11) is 0. The van der Waals surface area contributed by atoms with E-state index in [4.69, 9.17) is 0 Å². The second kappa shape index (κ2) is 8.23. The van der Waals surface area contributed by atoms with Crippen LogP contribution >= 0.6 is 0 Å². The van der Waals surface area contributed by atoms with Gasteiger partial charge in [-0.25, -0.2) is 9.67 Å². The molecule has 0 aromatic carbocycles. The second-order valence-corrected chi connectivity index (χ2v) is 4.33. The van der Waals surface area contributed by atoms with Crippen LogP contribution in [-0.2, 0) is 19.4 Å². The Morgan fingerprint density at radius 2 is 1.88 bits per heavy atom. The minimum Gasteiger partial charge on any atom is -0.317 e. The third kappa shape index (κ3) is 4.86. The molecule has 1 rings (SSSR count). The van der Waals surface area contributed by atoms with Gasteiger partial charge < -0.3 is 5.32 Å². The van der Waals surface area contributed by atoms with Gasteiger partial charge in [-0.2, -0.15) is 5.10 Å². The number of hydrogen-bond acceptors (Lipinski definition) is 3. The SMILES string of the molecule is CCCNCCCCn1nc(CC)nc1CC. The number of rotatable bonds is 9. The topological polar surface area (TPSA) is 42.7 Å². The molecular weight excluding hydrogens is 212 g/mol. The van der Waals surface area contributed by atoms with Gasteiger partial charge in [0, 0.05) is 19.4 Å². The molecule has 0 saturated carbocycles. The Balaban J connectivity index is 2.28. The zero-order valence-electron chi connectivity index (χ0n) is 11.5.